The minimum absolute atomic E-state index is 0.145. The number of carbonyl (C=O) groups excluding carboxylic acids is 1. The summed E-state index contributed by atoms with van der Waals surface area (Å²) in [6.07, 6.45) is 3.88. The summed E-state index contributed by atoms with van der Waals surface area (Å²) < 4.78 is 41.3. The maximum Gasteiger partial charge on any atom is 0.316 e. The summed E-state index contributed by atoms with van der Waals surface area (Å²) >= 11 is 0. The molecule has 0 radical (unpaired) electrons. The SMILES string of the molecule is Cc1ccccc1-c1ccc(/C=C/[C@@H]2[C@@H]3[C@@H](C)OC(=O)[C@]3(C3(O)COC3)CC(F)(F)[C@H]2C)nc1. The zero-order valence-electron chi connectivity index (χ0n) is 19.5. The number of nitrogens with zero attached hydrogens (tertiary/aromatic N) is 1. The Bertz CT molecular complexity index is 1130. The van der Waals surface area contributed by atoms with Crippen LogP contribution in [0.5, 0.6) is 0 Å². The van der Waals surface area contributed by atoms with E-state index in [9.17, 15) is 9.90 Å². The lowest BCUT2D eigenvalue weighted by molar-refractivity contribution is -0.281. The van der Waals surface area contributed by atoms with Crippen LogP contribution in [0.25, 0.3) is 17.2 Å². The van der Waals surface area contributed by atoms with Crippen LogP contribution < -0.4 is 0 Å². The molecule has 2 aliphatic heterocycles. The minimum Gasteiger partial charge on any atom is -0.462 e. The van der Waals surface area contributed by atoms with E-state index in [0.717, 1.165) is 16.7 Å². The number of pyridine rings is 1. The van der Waals surface area contributed by atoms with Gasteiger partial charge in [0.05, 0.1) is 18.9 Å². The lowest BCUT2D eigenvalue weighted by Gasteiger charge is -2.56. The highest BCUT2D eigenvalue weighted by Gasteiger charge is 2.76. The molecule has 5 atom stereocenters. The Morgan fingerprint density at radius 2 is 1.88 bits per heavy atom. The molecule has 5 rings (SSSR count). The van der Waals surface area contributed by atoms with Gasteiger partial charge < -0.3 is 14.6 Å². The van der Waals surface area contributed by atoms with Crippen LogP contribution in [0.1, 0.15) is 31.5 Å². The van der Waals surface area contributed by atoms with Crippen LogP contribution in [-0.2, 0) is 14.3 Å². The lowest BCUT2D eigenvalue weighted by Crippen LogP contribution is -2.70. The monoisotopic (exact) mass is 469 g/mol. The van der Waals surface area contributed by atoms with Gasteiger partial charge in [-0.05, 0) is 43.0 Å². The van der Waals surface area contributed by atoms with Gasteiger partial charge in [-0.1, -0.05) is 43.3 Å². The molecule has 0 unspecified atom stereocenters. The fraction of sp³-hybridized carbons (Fsp3) is 0.481. The van der Waals surface area contributed by atoms with Crippen LogP contribution in [0.2, 0.25) is 0 Å². The van der Waals surface area contributed by atoms with E-state index in [1.807, 2.05) is 43.3 Å². The number of alkyl halides is 2. The van der Waals surface area contributed by atoms with Gasteiger partial charge in [0.2, 0.25) is 0 Å². The third kappa shape index (κ3) is 3.32. The lowest BCUT2D eigenvalue weighted by atomic mass is 9.50. The second-order valence-corrected chi connectivity index (χ2v) is 10.1. The zero-order chi connectivity index (χ0) is 24.3. The van der Waals surface area contributed by atoms with Gasteiger partial charge >= 0.3 is 5.97 Å². The number of fused-ring (bicyclic) bond motifs is 1. The van der Waals surface area contributed by atoms with Gasteiger partial charge in [0, 0.05) is 30.0 Å². The summed E-state index contributed by atoms with van der Waals surface area (Å²) in [5.41, 5.74) is 0.484. The maximum absolute atomic E-state index is 15.3. The summed E-state index contributed by atoms with van der Waals surface area (Å²) in [5, 5.41) is 11.2. The van der Waals surface area contributed by atoms with Gasteiger partial charge in [0.15, 0.2) is 0 Å². The van der Waals surface area contributed by atoms with Crippen LogP contribution >= 0.6 is 0 Å². The van der Waals surface area contributed by atoms with Crippen LogP contribution in [0.3, 0.4) is 0 Å². The Labute approximate surface area is 197 Å². The minimum atomic E-state index is -3.15. The number of hydrogen-bond acceptors (Lipinski definition) is 5. The summed E-state index contributed by atoms with van der Waals surface area (Å²) in [4.78, 5) is 17.5. The molecule has 1 N–H and O–H groups in total. The molecule has 2 saturated heterocycles. The maximum atomic E-state index is 15.3. The molecule has 3 fully saturated rings. The third-order valence-corrected chi connectivity index (χ3v) is 8.15. The second-order valence-electron chi connectivity index (χ2n) is 10.1. The summed E-state index contributed by atoms with van der Waals surface area (Å²) in [5.74, 6) is -6.21. The first-order chi connectivity index (χ1) is 16.1. The van der Waals surface area contributed by atoms with E-state index >= 15 is 8.78 Å². The molecule has 34 heavy (non-hydrogen) atoms. The van der Waals surface area contributed by atoms with Gasteiger partial charge in [-0.2, -0.15) is 0 Å². The summed E-state index contributed by atoms with van der Waals surface area (Å²) in [7, 11) is 0. The number of aromatic nitrogens is 1. The topological polar surface area (TPSA) is 68.7 Å². The van der Waals surface area contributed by atoms with Crippen LogP contribution in [-0.4, -0.2) is 46.9 Å². The number of benzene rings is 1. The average molecular weight is 470 g/mol. The summed E-state index contributed by atoms with van der Waals surface area (Å²) in [6, 6.07) is 11.8. The number of carbonyl (C=O) groups is 1. The van der Waals surface area contributed by atoms with Crippen molar-refractivity contribution in [3.8, 4) is 11.1 Å². The number of allylic oxidation sites excluding steroid dienone is 1. The number of rotatable bonds is 4. The van der Waals surface area contributed by atoms with Gasteiger partial charge in [0.25, 0.3) is 5.92 Å². The average Bonchev–Trinajstić information content (AvgIpc) is 3.03. The Morgan fingerprint density at radius 3 is 2.50 bits per heavy atom. The zero-order valence-corrected chi connectivity index (χ0v) is 19.5. The number of halogens is 2. The van der Waals surface area contributed by atoms with E-state index in [-0.39, 0.29) is 13.2 Å². The van der Waals surface area contributed by atoms with Gasteiger partial charge in [-0.15, -0.1) is 0 Å². The largest absolute Gasteiger partial charge is 0.462 e. The molecule has 0 bridgehead atoms. The molecule has 3 heterocycles. The van der Waals surface area contributed by atoms with Crippen molar-refractivity contribution in [2.24, 2.45) is 23.2 Å². The van der Waals surface area contributed by atoms with Gasteiger partial charge in [-0.3, -0.25) is 9.78 Å². The normalized spacial score (nSPS) is 33.9. The Hall–Kier alpha value is -2.64. The molecule has 1 aromatic heterocycles. The highest BCUT2D eigenvalue weighted by molar-refractivity contribution is 5.82. The number of hydrogen-bond donors (Lipinski definition) is 1. The fourth-order valence-corrected chi connectivity index (χ4v) is 6.11. The van der Waals surface area contributed by atoms with Crippen molar-refractivity contribution in [2.75, 3.05) is 13.2 Å². The first kappa shape index (κ1) is 23.1. The number of aliphatic hydroxyl groups is 1. The van der Waals surface area contributed by atoms with Crippen molar-refractivity contribution in [1.82, 2.24) is 4.98 Å². The van der Waals surface area contributed by atoms with Crippen molar-refractivity contribution in [1.29, 1.82) is 0 Å². The van der Waals surface area contributed by atoms with E-state index in [4.69, 9.17) is 9.47 Å². The Balaban J connectivity index is 1.49. The smallest absolute Gasteiger partial charge is 0.316 e. The molecule has 2 aromatic rings. The van der Waals surface area contributed by atoms with Crippen LogP contribution in [0.15, 0.2) is 48.7 Å². The Kier molecular flexibility index (Phi) is 5.41. The van der Waals surface area contributed by atoms with Crippen molar-refractivity contribution >= 4 is 12.0 Å². The quantitative estimate of drug-likeness (QED) is 0.659. The van der Waals surface area contributed by atoms with Crippen molar-refractivity contribution < 1.29 is 28.2 Å². The highest BCUT2D eigenvalue weighted by atomic mass is 19.3. The standard InChI is InChI=1S/C27H29F2NO4/c1-16-6-4-5-7-21(16)19-8-9-20(30-12-19)10-11-22-17(2)27(28,29)13-26(25(32)14-33-15-25)23(22)18(3)34-24(26)31/h4-12,17-18,22-23,32H,13-15H2,1-3H3/b11-10+/t17-,18+,22-,23-,26-/m0/s1. The predicted octanol–water partition coefficient (Wildman–Crippen LogP) is 4.67. The molecule has 3 aliphatic rings. The van der Waals surface area contributed by atoms with E-state index in [1.165, 1.54) is 6.92 Å². The van der Waals surface area contributed by atoms with Gasteiger partial charge in [0.1, 0.15) is 17.1 Å². The molecule has 7 heteroatoms. The van der Waals surface area contributed by atoms with E-state index < -0.39 is 53.2 Å². The van der Waals surface area contributed by atoms with Crippen LogP contribution in [0.4, 0.5) is 8.78 Å². The predicted molar refractivity (Wildman–Crippen MR) is 123 cm³/mol. The molecule has 1 aliphatic carbocycles. The van der Waals surface area contributed by atoms with Crippen molar-refractivity contribution in [3.05, 3.63) is 59.9 Å². The molecular formula is C27H29F2NO4. The number of aryl methyl sites for hydroxylation is 1. The molecule has 180 valence electrons. The van der Waals surface area contributed by atoms with Crippen molar-refractivity contribution in [3.63, 3.8) is 0 Å². The second kappa shape index (κ2) is 7.95. The van der Waals surface area contributed by atoms with E-state index in [1.54, 1.807) is 25.3 Å². The van der Waals surface area contributed by atoms with Crippen LogP contribution in [0, 0.1) is 30.1 Å². The molecular weight excluding hydrogens is 440 g/mol. The Morgan fingerprint density at radius 1 is 1.15 bits per heavy atom. The molecule has 1 saturated carbocycles. The number of esters is 1. The molecule has 0 amide bonds. The highest BCUT2D eigenvalue weighted by Crippen LogP contribution is 2.64. The summed E-state index contributed by atoms with van der Waals surface area (Å²) in [6.45, 7) is 4.97. The first-order valence-corrected chi connectivity index (χ1v) is 11.7. The first-order valence-electron chi connectivity index (χ1n) is 11.7. The van der Waals surface area contributed by atoms with Gasteiger partial charge in [-0.25, -0.2) is 8.78 Å². The van der Waals surface area contributed by atoms with Crippen molar-refractivity contribution in [2.45, 2.75) is 44.8 Å². The number of ether oxygens (including phenoxy) is 2. The molecule has 0 spiro atoms. The third-order valence-electron chi connectivity index (χ3n) is 8.15. The van der Waals surface area contributed by atoms with E-state index in [2.05, 4.69) is 4.98 Å². The number of cyclic esters (lactones) is 1. The fourth-order valence-electron chi connectivity index (χ4n) is 6.11. The van der Waals surface area contributed by atoms with E-state index in [0.29, 0.717) is 5.69 Å². The molecule has 1 aromatic carbocycles. The molecule has 5 nitrogen and oxygen atoms in total.